The van der Waals surface area contributed by atoms with Crippen LogP contribution in [0.2, 0.25) is 0 Å². The summed E-state index contributed by atoms with van der Waals surface area (Å²) >= 11 is 4.80. The number of benzene rings is 1. The molecule has 0 bridgehead atoms. The first-order chi connectivity index (χ1) is 9.32. The monoisotopic (exact) mass is 294 g/mol. The van der Waals surface area contributed by atoms with Crippen molar-refractivity contribution in [2.24, 2.45) is 5.73 Å². The van der Waals surface area contributed by atoms with Gasteiger partial charge >= 0.3 is 0 Å². The van der Waals surface area contributed by atoms with E-state index < -0.39 is 0 Å². The topological polar surface area (TPSA) is 55.6 Å². The maximum Gasteiger partial charge on any atom is 0.260 e. The number of hydrogen-bond acceptors (Lipinski definition) is 3. The molecule has 110 valence electrons. The van der Waals surface area contributed by atoms with Crippen molar-refractivity contribution in [3.05, 3.63) is 28.8 Å². The van der Waals surface area contributed by atoms with Crippen molar-refractivity contribution < 1.29 is 9.53 Å². The van der Waals surface area contributed by atoms with Crippen LogP contribution in [0.4, 0.5) is 0 Å². The number of nitrogens with zero attached hydrogens (tertiary/aromatic N) is 1. The highest BCUT2D eigenvalue weighted by Crippen LogP contribution is 2.25. The van der Waals surface area contributed by atoms with Crippen LogP contribution in [0, 0.1) is 20.8 Å². The van der Waals surface area contributed by atoms with Crippen LogP contribution in [0.15, 0.2) is 12.1 Å². The highest BCUT2D eigenvalue weighted by atomic mass is 32.1. The van der Waals surface area contributed by atoms with E-state index in [2.05, 4.69) is 0 Å². The average Bonchev–Trinajstić information content (AvgIpc) is 2.40. The summed E-state index contributed by atoms with van der Waals surface area (Å²) in [5.74, 6) is 0.711. The largest absolute Gasteiger partial charge is 0.483 e. The molecule has 1 aromatic rings. The first kappa shape index (κ1) is 16.4. The van der Waals surface area contributed by atoms with E-state index in [1.165, 1.54) is 0 Å². The van der Waals surface area contributed by atoms with Gasteiger partial charge in [-0.1, -0.05) is 24.4 Å². The predicted molar refractivity (Wildman–Crippen MR) is 85.2 cm³/mol. The zero-order valence-electron chi connectivity index (χ0n) is 12.5. The van der Waals surface area contributed by atoms with E-state index in [-0.39, 0.29) is 12.5 Å². The zero-order chi connectivity index (χ0) is 15.3. The van der Waals surface area contributed by atoms with Gasteiger partial charge in [-0.2, -0.15) is 0 Å². The highest BCUT2D eigenvalue weighted by Gasteiger charge is 2.12. The quantitative estimate of drug-likeness (QED) is 0.817. The van der Waals surface area contributed by atoms with Gasteiger partial charge in [-0.05, 0) is 37.5 Å². The number of likely N-dealkylation sites (N-methyl/N-ethyl adjacent to an activating group) is 1. The van der Waals surface area contributed by atoms with Gasteiger partial charge in [0.1, 0.15) is 5.75 Å². The van der Waals surface area contributed by atoms with Crippen LogP contribution in [-0.4, -0.2) is 36.0 Å². The number of rotatable bonds is 6. The lowest BCUT2D eigenvalue weighted by atomic mass is 10.1. The fraction of sp³-hybridized carbons (Fsp3) is 0.467. The second-order valence-corrected chi connectivity index (χ2v) is 5.50. The number of carbonyl (C=O) groups is 1. The molecule has 5 heteroatoms. The van der Waals surface area contributed by atoms with Crippen molar-refractivity contribution in [3.8, 4) is 5.75 Å². The molecule has 0 radical (unpaired) electrons. The van der Waals surface area contributed by atoms with Gasteiger partial charge < -0.3 is 15.4 Å². The molecule has 0 saturated carbocycles. The molecule has 0 aromatic heterocycles. The molecule has 0 saturated heterocycles. The van der Waals surface area contributed by atoms with Gasteiger partial charge in [0.2, 0.25) is 0 Å². The molecule has 2 N–H and O–H groups in total. The molecule has 1 rings (SSSR count). The number of aryl methyl sites for hydroxylation is 2. The summed E-state index contributed by atoms with van der Waals surface area (Å²) in [4.78, 5) is 13.9. The molecular formula is C15H22N2O2S. The average molecular weight is 294 g/mol. The normalized spacial score (nSPS) is 10.2. The summed E-state index contributed by atoms with van der Waals surface area (Å²) in [6.45, 7) is 6.54. The third kappa shape index (κ3) is 4.49. The van der Waals surface area contributed by atoms with E-state index in [1.807, 2.05) is 32.9 Å². The zero-order valence-corrected chi connectivity index (χ0v) is 13.3. The number of nitrogens with two attached hydrogens (primary N) is 1. The summed E-state index contributed by atoms with van der Waals surface area (Å²) in [6.07, 6.45) is 0.528. The number of thiocarbonyl (C=S) groups is 1. The predicted octanol–water partition coefficient (Wildman–Crippen LogP) is 2.13. The Balaban J connectivity index is 2.61. The Labute approximate surface area is 125 Å². The van der Waals surface area contributed by atoms with Crippen LogP contribution in [-0.2, 0) is 4.79 Å². The Hall–Kier alpha value is -1.62. The Bertz CT molecular complexity index is 515. The Morgan fingerprint density at radius 2 is 1.90 bits per heavy atom. The second-order valence-electron chi connectivity index (χ2n) is 4.97. The van der Waals surface area contributed by atoms with Crippen LogP contribution in [0.25, 0.3) is 0 Å². The van der Waals surface area contributed by atoms with Crippen LogP contribution in [0.1, 0.15) is 23.1 Å². The summed E-state index contributed by atoms with van der Waals surface area (Å²) in [7, 11) is 1.72. The summed E-state index contributed by atoms with van der Waals surface area (Å²) < 4.78 is 5.68. The first-order valence-corrected chi connectivity index (χ1v) is 6.95. The lowest BCUT2D eigenvalue weighted by Gasteiger charge is -2.19. The molecule has 0 fully saturated rings. The third-order valence-corrected chi connectivity index (χ3v) is 3.54. The minimum absolute atomic E-state index is 0.0268. The molecule has 0 heterocycles. The smallest absolute Gasteiger partial charge is 0.260 e. The van der Waals surface area contributed by atoms with Gasteiger partial charge in [-0.3, -0.25) is 4.79 Å². The maximum atomic E-state index is 12.0. The lowest BCUT2D eigenvalue weighted by Crippen LogP contribution is -2.33. The number of ether oxygens (including phenoxy) is 1. The third-order valence-electron chi connectivity index (χ3n) is 3.33. The SMILES string of the molecule is Cc1ccc(C)c(OCC(=O)N(C)CCC(N)=S)c1C. The standard InChI is InChI=1S/C15H22N2O2S/c1-10-5-6-11(2)15(12(10)3)19-9-14(18)17(4)8-7-13(16)20/h5-6H,7-9H2,1-4H3,(H2,16,20). The molecule has 0 spiro atoms. The van der Waals surface area contributed by atoms with Gasteiger partial charge in [-0.15, -0.1) is 0 Å². The molecule has 1 amide bonds. The number of hydrogen-bond donors (Lipinski definition) is 1. The highest BCUT2D eigenvalue weighted by molar-refractivity contribution is 7.80. The van der Waals surface area contributed by atoms with Crippen LogP contribution < -0.4 is 10.5 Å². The first-order valence-electron chi connectivity index (χ1n) is 6.54. The number of carbonyl (C=O) groups excluding carboxylic acids is 1. The van der Waals surface area contributed by atoms with Crippen molar-refractivity contribution in [2.75, 3.05) is 20.2 Å². The van der Waals surface area contributed by atoms with Gasteiger partial charge in [0, 0.05) is 20.0 Å². The van der Waals surface area contributed by atoms with E-state index in [0.29, 0.717) is 18.0 Å². The van der Waals surface area contributed by atoms with Crippen molar-refractivity contribution >= 4 is 23.1 Å². The molecule has 1 aromatic carbocycles. The van der Waals surface area contributed by atoms with Crippen LogP contribution in [0.5, 0.6) is 5.75 Å². The summed E-state index contributed by atoms with van der Waals surface area (Å²) in [6, 6.07) is 4.05. The van der Waals surface area contributed by atoms with Crippen molar-refractivity contribution in [3.63, 3.8) is 0 Å². The molecular weight excluding hydrogens is 272 g/mol. The van der Waals surface area contributed by atoms with E-state index in [9.17, 15) is 4.79 Å². The molecule has 4 nitrogen and oxygen atoms in total. The van der Waals surface area contributed by atoms with Gasteiger partial charge in [0.05, 0.1) is 4.99 Å². The van der Waals surface area contributed by atoms with E-state index in [4.69, 9.17) is 22.7 Å². The van der Waals surface area contributed by atoms with Crippen molar-refractivity contribution in [2.45, 2.75) is 27.2 Å². The van der Waals surface area contributed by atoms with E-state index in [0.717, 1.165) is 22.4 Å². The molecule has 0 aliphatic rings. The molecule has 0 atom stereocenters. The van der Waals surface area contributed by atoms with Crippen LogP contribution >= 0.6 is 12.2 Å². The molecule has 0 aliphatic heterocycles. The Morgan fingerprint density at radius 1 is 1.30 bits per heavy atom. The van der Waals surface area contributed by atoms with Crippen LogP contribution in [0.3, 0.4) is 0 Å². The Morgan fingerprint density at radius 3 is 2.50 bits per heavy atom. The van der Waals surface area contributed by atoms with Gasteiger partial charge in [0.15, 0.2) is 6.61 Å². The number of amides is 1. The minimum Gasteiger partial charge on any atom is -0.483 e. The molecule has 0 aliphatic carbocycles. The fourth-order valence-electron chi connectivity index (χ4n) is 1.79. The molecule has 20 heavy (non-hydrogen) atoms. The second kappa shape index (κ2) is 7.24. The summed E-state index contributed by atoms with van der Waals surface area (Å²) in [5.41, 5.74) is 8.68. The maximum absolute atomic E-state index is 12.0. The van der Waals surface area contributed by atoms with E-state index in [1.54, 1.807) is 11.9 Å². The molecule has 0 unspecified atom stereocenters. The summed E-state index contributed by atoms with van der Waals surface area (Å²) in [5, 5.41) is 0. The lowest BCUT2D eigenvalue weighted by molar-refractivity contribution is -0.131. The van der Waals surface area contributed by atoms with Gasteiger partial charge in [-0.25, -0.2) is 0 Å². The fourth-order valence-corrected chi connectivity index (χ4v) is 1.89. The van der Waals surface area contributed by atoms with Crippen molar-refractivity contribution in [1.82, 2.24) is 4.90 Å². The minimum atomic E-state index is -0.0819. The van der Waals surface area contributed by atoms with Crippen molar-refractivity contribution in [1.29, 1.82) is 0 Å². The Kier molecular flexibility index (Phi) is 5.95. The van der Waals surface area contributed by atoms with Gasteiger partial charge in [0.25, 0.3) is 5.91 Å². The van der Waals surface area contributed by atoms with E-state index >= 15 is 0 Å².